The number of carbonyl (C=O) groups excluding carboxylic acids is 1. The molecule has 0 saturated heterocycles. The molecule has 0 spiro atoms. The average Bonchev–Trinajstić information content (AvgIpc) is 2.41. The second-order valence-corrected chi connectivity index (χ2v) is 7.99. The van der Waals surface area contributed by atoms with Crippen LogP contribution in [0.5, 0.6) is 0 Å². The molecule has 1 aromatic carbocycles. The lowest BCUT2D eigenvalue weighted by Gasteiger charge is -2.18. The quantitative estimate of drug-likeness (QED) is 0.873. The molecule has 5 nitrogen and oxygen atoms in total. The van der Waals surface area contributed by atoms with Crippen LogP contribution in [0.25, 0.3) is 0 Å². The van der Waals surface area contributed by atoms with Gasteiger partial charge in [-0.2, -0.15) is 0 Å². The zero-order valence-corrected chi connectivity index (χ0v) is 15.0. The zero-order chi connectivity index (χ0) is 17.1. The summed E-state index contributed by atoms with van der Waals surface area (Å²) in [6.07, 6.45) is 1.87. The normalized spacial score (nSPS) is 13.2. The van der Waals surface area contributed by atoms with Crippen LogP contribution in [0.15, 0.2) is 17.0 Å². The van der Waals surface area contributed by atoms with Crippen LogP contribution in [0, 0.1) is 13.8 Å². The third kappa shape index (κ3) is 4.08. The molecule has 1 atom stereocenters. The van der Waals surface area contributed by atoms with Crippen molar-refractivity contribution >= 4 is 15.9 Å². The van der Waals surface area contributed by atoms with Crippen LogP contribution in [0.2, 0.25) is 0 Å². The van der Waals surface area contributed by atoms with E-state index >= 15 is 0 Å². The van der Waals surface area contributed by atoms with Gasteiger partial charge in [-0.15, -0.1) is 0 Å². The smallest absolute Gasteiger partial charge is 0.251 e. The molecule has 1 aromatic rings. The SMILES string of the molecule is CCCC(C)NC(=O)c1cc(C)c(C)c(S(=O)(=O)N(C)C)c1. The Labute approximate surface area is 133 Å². The second kappa shape index (κ2) is 7.24. The maximum Gasteiger partial charge on any atom is 0.251 e. The average molecular weight is 326 g/mol. The van der Waals surface area contributed by atoms with Gasteiger partial charge < -0.3 is 5.32 Å². The van der Waals surface area contributed by atoms with Gasteiger partial charge in [0.15, 0.2) is 0 Å². The minimum atomic E-state index is -3.57. The monoisotopic (exact) mass is 326 g/mol. The first-order valence-electron chi connectivity index (χ1n) is 7.45. The van der Waals surface area contributed by atoms with Crippen molar-refractivity contribution in [3.8, 4) is 0 Å². The lowest BCUT2D eigenvalue weighted by Crippen LogP contribution is -2.32. The van der Waals surface area contributed by atoms with Crippen molar-refractivity contribution in [2.75, 3.05) is 14.1 Å². The van der Waals surface area contributed by atoms with E-state index in [-0.39, 0.29) is 16.8 Å². The fraction of sp³-hybridized carbons (Fsp3) is 0.562. The highest BCUT2D eigenvalue weighted by Crippen LogP contribution is 2.23. The summed E-state index contributed by atoms with van der Waals surface area (Å²) in [7, 11) is -0.599. The largest absolute Gasteiger partial charge is 0.350 e. The third-order valence-electron chi connectivity index (χ3n) is 3.74. The van der Waals surface area contributed by atoms with E-state index in [1.54, 1.807) is 13.0 Å². The Hall–Kier alpha value is -1.40. The Morgan fingerprint density at radius 2 is 1.86 bits per heavy atom. The summed E-state index contributed by atoms with van der Waals surface area (Å²) in [5, 5.41) is 2.90. The molecule has 22 heavy (non-hydrogen) atoms. The zero-order valence-electron chi connectivity index (χ0n) is 14.2. The van der Waals surface area contributed by atoms with Gasteiger partial charge in [-0.05, 0) is 50.5 Å². The summed E-state index contributed by atoms with van der Waals surface area (Å²) in [6, 6.07) is 3.26. The van der Waals surface area contributed by atoms with E-state index in [1.807, 2.05) is 13.8 Å². The molecule has 0 saturated carbocycles. The Morgan fingerprint density at radius 1 is 1.27 bits per heavy atom. The van der Waals surface area contributed by atoms with Gasteiger partial charge in [-0.1, -0.05) is 13.3 Å². The minimum Gasteiger partial charge on any atom is -0.350 e. The molecule has 0 fully saturated rings. The highest BCUT2D eigenvalue weighted by Gasteiger charge is 2.23. The van der Waals surface area contributed by atoms with Crippen LogP contribution in [0.4, 0.5) is 0 Å². The molecular formula is C16H26N2O3S. The molecule has 1 unspecified atom stereocenters. The summed E-state index contributed by atoms with van der Waals surface area (Å²) < 4.78 is 26.0. The Balaban J connectivity index is 3.25. The van der Waals surface area contributed by atoms with Gasteiger partial charge >= 0.3 is 0 Å². The Bertz CT molecular complexity index is 652. The van der Waals surface area contributed by atoms with Crippen LogP contribution < -0.4 is 5.32 Å². The molecule has 6 heteroatoms. The molecule has 0 radical (unpaired) electrons. The number of nitrogens with zero attached hydrogens (tertiary/aromatic N) is 1. The summed E-state index contributed by atoms with van der Waals surface area (Å²) in [6.45, 7) is 7.57. The minimum absolute atomic E-state index is 0.0630. The summed E-state index contributed by atoms with van der Waals surface area (Å²) in [4.78, 5) is 12.5. The topological polar surface area (TPSA) is 66.5 Å². The number of amides is 1. The highest BCUT2D eigenvalue weighted by molar-refractivity contribution is 7.89. The standard InChI is InChI=1S/C16H26N2O3S/c1-7-8-12(3)17-16(19)14-9-11(2)13(4)15(10-14)22(20,21)18(5)6/h9-10,12H,7-8H2,1-6H3,(H,17,19). The lowest BCUT2D eigenvalue weighted by atomic mass is 10.1. The number of nitrogens with one attached hydrogen (secondary N) is 1. The first-order chi connectivity index (χ1) is 10.1. The van der Waals surface area contributed by atoms with E-state index in [2.05, 4.69) is 12.2 Å². The first kappa shape index (κ1) is 18.6. The van der Waals surface area contributed by atoms with Crippen molar-refractivity contribution in [2.45, 2.75) is 51.5 Å². The number of carbonyl (C=O) groups is 1. The molecule has 1 rings (SSSR count). The van der Waals surface area contributed by atoms with Crippen molar-refractivity contribution in [1.29, 1.82) is 0 Å². The van der Waals surface area contributed by atoms with Crippen LogP contribution >= 0.6 is 0 Å². The van der Waals surface area contributed by atoms with Crippen LogP contribution in [-0.4, -0.2) is 38.8 Å². The van der Waals surface area contributed by atoms with E-state index in [9.17, 15) is 13.2 Å². The highest BCUT2D eigenvalue weighted by atomic mass is 32.2. The van der Waals surface area contributed by atoms with Gasteiger partial charge in [0.05, 0.1) is 4.90 Å². The summed E-state index contributed by atoms with van der Waals surface area (Å²) >= 11 is 0. The van der Waals surface area contributed by atoms with Gasteiger partial charge in [0.1, 0.15) is 0 Å². The Kier molecular flexibility index (Phi) is 6.14. The van der Waals surface area contributed by atoms with Gasteiger partial charge in [-0.25, -0.2) is 12.7 Å². The van der Waals surface area contributed by atoms with Gasteiger partial charge in [0.25, 0.3) is 5.91 Å². The Morgan fingerprint density at radius 3 is 2.36 bits per heavy atom. The number of aryl methyl sites for hydroxylation is 1. The molecule has 0 aliphatic rings. The molecule has 0 aliphatic carbocycles. The fourth-order valence-electron chi connectivity index (χ4n) is 2.24. The molecule has 0 aliphatic heterocycles. The summed E-state index contributed by atoms with van der Waals surface area (Å²) in [5.41, 5.74) is 1.84. The number of hydrogen-bond donors (Lipinski definition) is 1. The fourth-order valence-corrected chi connectivity index (χ4v) is 3.45. The maximum absolute atomic E-state index is 12.4. The van der Waals surface area contributed by atoms with Crippen LogP contribution in [0.3, 0.4) is 0 Å². The number of rotatable bonds is 6. The maximum atomic E-state index is 12.4. The van der Waals surface area contributed by atoms with Crippen molar-refractivity contribution in [2.24, 2.45) is 0 Å². The molecule has 0 aromatic heterocycles. The van der Waals surface area contributed by atoms with Gasteiger partial charge in [-0.3, -0.25) is 4.79 Å². The van der Waals surface area contributed by atoms with Gasteiger partial charge in [0, 0.05) is 25.7 Å². The molecule has 1 amide bonds. The predicted molar refractivity (Wildman–Crippen MR) is 88.6 cm³/mol. The lowest BCUT2D eigenvalue weighted by molar-refractivity contribution is 0.0938. The number of hydrogen-bond acceptors (Lipinski definition) is 3. The second-order valence-electron chi connectivity index (χ2n) is 5.87. The van der Waals surface area contributed by atoms with Crippen molar-refractivity contribution in [1.82, 2.24) is 9.62 Å². The van der Waals surface area contributed by atoms with Crippen LogP contribution in [-0.2, 0) is 10.0 Å². The number of sulfonamides is 1. The van der Waals surface area contributed by atoms with E-state index in [0.717, 1.165) is 22.7 Å². The van der Waals surface area contributed by atoms with Crippen LogP contribution in [0.1, 0.15) is 48.2 Å². The third-order valence-corrected chi connectivity index (χ3v) is 5.68. The predicted octanol–water partition coefficient (Wildman–Crippen LogP) is 2.47. The number of benzene rings is 1. The molecule has 1 N–H and O–H groups in total. The van der Waals surface area contributed by atoms with Crippen molar-refractivity contribution < 1.29 is 13.2 Å². The molecule has 0 bridgehead atoms. The van der Waals surface area contributed by atoms with E-state index in [0.29, 0.717) is 11.1 Å². The molecule has 0 heterocycles. The van der Waals surface area contributed by atoms with Crippen molar-refractivity contribution in [3.05, 3.63) is 28.8 Å². The first-order valence-corrected chi connectivity index (χ1v) is 8.89. The summed E-state index contributed by atoms with van der Waals surface area (Å²) in [5.74, 6) is -0.237. The van der Waals surface area contributed by atoms with Gasteiger partial charge in [0.2, 0.25) is 10.0 Å². The van der Waals surface area contributed by atoms with Crippen molar-refractivity contribution in [3.63, 3.8) is 0 Å². The van der Waals surface area contributed by atoms with E-state index < -0.39 is 10.0 Å². The molecular weight excluding hydrogens is 300 g/mol. The van der Waals surface area contributed by atoms with E-state index in [1.165, 1.54) is 20.2 Å². The molecule has 124 valence electrons. The van der Waals surface area contributed by atoms with E-state index in [4.69, 9.17) is 0 Å².